The zero-order valence-corrected chi connectivity index (χ0v) is 14.7. The highest BCUT2D eigenvalue weighted by Gasteiger charge is 2.16. The fourth-order valence-electron chi connectivity index (χ4n) is 2.50. The summed E-state index contributed by atoms with van der Waals surface area (Å²) in [6, 6.07) is 21.3. The standard InChI is InChI=1S/C21H15ClFNO2/c1-26-21(25)16-12-18(23)19(13-17(16)22)24-20(14-8-4-2-5-9-14)15-10-6-3-7-11-15/h2-13H,1H3. The quantitative estimate of drug-likeness (QED) is 0.455. The van der Waals surface area contributed by atoms with Crippen molar-refractivity contribution in [2.45, 2.75) is 0 Å². The van der Waals surface area contributed by atoms with Crippen molar-refractivity contribution >= 4 is 29.0 Å². The highest BCUT2D eigenvalue weighted by molar-refractivity contribution is 6.33. The average Bonchev–Trinajstić information content (AvgIpc) is 2.69. The number of hydrogen-bond acceptors (Lipinski definition) is 3. The van der Waals surface area contributed by atoms with Gasteiger partial charge in [0.25, 0.3) is 0 Å². The predicted molar refractivity (Wildman–Crippen MR) is 101 cm³/mol. The summed E-state index contributed by atoms with van der Waals surface area (Å²) in [5, 5.41) is 0.0810. The molecular weight excluding hydrogens is 353 g/mol. The Morgan fingerprint density at radius 2 is 1.50 bits per heavy atom. The Morgan fingerprint density at radius 3 is 2.00 bits per heavy atom. The normalized spacial score (nSPS) is 10.3. The van der Waals surface area contributed by atoms with Crippen LogP contribution in [0.4, 0.5) is 10.1 Å². The molecule has 0 aromatic heterocycles. The number of carbonyl (C=O) groups is 1. The van der Waals surface area contributed by atoms with Crippen molar-refractivity contribution in [2.24, 2.45) is 4.99 Å². The fraction of sp³-hybridized carbons (Fsp3) is 0.0476. The van der Waals surface area contributed by atoms with Gasteiger partial charge in [0.05, 0.1) is 23.4 Å². The minimum absolute atomic E-state index is 0.0356. The smallest absolute Gasteiger partial charge is 0.339 e. The SMILES string of the molecule is COC(=O)c1cc(F)c(N=C(c2ccccc2)c2ccccc2)cc1Cl. The van der Waals surface area contributed by atoms with Gasteiger partial charge < -0.3 is 4.74 Å². The number of carbonyl (C=O) groups excluding carboxylic acids is 1. The van der Waals surface area contributed by atoms with E-state index in [0.29, 0.717) is 5.71 Å². The molecule has 0 saturated carbocycles. The summed E-state index contributed by atoms with van der Waals surface area (Å²) in [5.74, 6) is -1.35. The van der Waals surface area contributed by atoms with Crippen molar-refractivity contribution in [3.63, 3.8) is 0 Å². The van der Waals surface area contributed by atoms with E-state index in [1.165, 1.54) is 13.2 Å². The van der Waals surface area contributed by atoms with Crippen LogP contribution in [-0.4, -0.2) is 18.8 Å². The van der Waals surface area contributed by atoms with E-state index >= 15 is 0 Å². The number of esters is 1. The lowest BCUT2D eigenvalue weighted by Crippen LogP contribution is -2.05. The Morgan fingerprint density at radius 1 is 0.962 bits per heavy atom. The van der Waals surface area contributed by atoms with Crippen LogP contribution >= 0.6 is 11.6 Å². The van der Waals surface area contributed by atoms with E-state index in [9.17, 15) is 9.18 Å². The molecule has 5 heteroatoms. The summed E-state index contributed by atoms with van der Waals surface area (Å²) in [7, 11) is 1.21. The Labute approximate surface area is 155 Å². The molecule has 0 aliphatic carbocycles. The number of nitrogens with zero attached hydrogens (tertiary/aromatic N) is 1. The van der Waals surface area contributed by atoms with E-state index in [2.05, 4.69) is 9.73 Å². The van der Waals surface area contributed by atoms with E-state index in [4.69, 9.17) is 11.6 Å². The number of hydrogen-bond donors (Lipinski definition) is 0. The second kappa shape index (κ2) is 7.93. The van der Waals surface area contributed by atoms with Crippen molar-refractivity contribution < 1.29 is 13.9 Å². The van der Waals surface area contributed by atoms with E-state index in [0.717, 1.165) is 17.2 Å². The lowest BCUT2D eigenvalue weighted by Gasteiger charge is -2.09. The van der Waals surface area contributed by atoms with Gasteiger partial charge in [0.2, 0.25) is 0 Å². The van der Waals surface area contributed by atoms with Crippen molar-refractivity contribution in [1.82, 2.24) is 0 Å². The summed E-state index contributed by atoms with van der Waals surface area (Å²) in [6.07, 6.45) is 0. The highest BCUT2D eigenvalue weighted by Crippen LogP contribution is 2.28. The molecule has 0 fully saturated rings. The van der Waals surface area contributed by atoms with Crippen molar-refractivity contribution in [3.8, 4) is 0 Å². The summed E-state index contributed by atoms with van der Waals surface area (Å²) < 4.78 is 19.2. The number of rotatable bonds is 4. The van der Waals surface area contributed by atoms with Gasteiger partial charge in [-0.05, 0) is 12.1 Å². The highest BCUT2D eigenvalue weighted by atomic mass is 35.5. The van der Waals surface area contributed by atoms with Crippen LogP contribution in [0.2, 0.25) is 5.02 Å². The molecule has 0 amide bonds. The van der Waals surface area contributed by atoms with E-state index in [1.54, 1.807) is 0 Å². The number of benzene rings is 3. The molecule has 3 aromatic rings. The van der Waals surface area contributed by atoms with E-state index in [1.807, 2.05) is 60.7 Å². The van der Waals surface area contributed by atoms with Crippen LogP contribution in [-0.2, 0) is 4.74 Å². The Hall–Kier alpha value is -2.98. The maximum atomic E-state index is 14.5. The Kier molecular flexibility index (Phi) is 5.44. The summed E-state index contributed by atoms with van der Waals surface area (Å²) >= 11 is 6.11. The van der Waals surface area contributed by atoms with Crippen molar-refractivity contribution in [1.29, 1.82) is 0 Å². The summed E-state index contributed by atoms with van der Waals surface area (Å²) in [5.41, 5.74) is 2.29. The second-order valence-corrected chi connectivity index (χ2v) is 5.87. The average molecular weight is 368 g/mol. The molecule has 0 aliphatic heterocycles. The van der Waals surface area contributed by atoms with Crippen molar-refractivity contribution in [3.05, 3.63) is 100 Å². The van der Waals surface area contributed by atoms with Gasteiger partial charge in [0, 0.05) is 11.1 Å². The first-order valence-electron chi connectivity index (χ1n) is 7.87. The molecular formula is C21H15ClFNO2. The van der Waals surface area contributed by atoms with Gasteiger partial charge in [-0.2, -0.15) is 0 Å². The molecule has 0 spiro atoms. The first-order valence-corrected chi connectivity index (χ1v) is 8.25. The zero-order valence-electron chi connectivity index (χ0n) is 13.9. The summed E-state index contributed by atoms with van der Waals surface area (Å²) in [6.45, 7) is 0. The second-order valence-electron chi connectivity index (χ2n) is 5.47. The predicted octanol–water partition coefficient (Wildman–Crippen LogP) is 5.43. The monoisotopic (exact) mass is 367 g/mol. The molecule has 0 heterocycles. The molecule has 130 valence electrons. The van der Waals surface area contributed by atoms with Gasteiger partial charge in [-0.3, -0.25) is 0 Å². The lowest BCUT2D eigenvalue weighted by atomic mass is 10.0. The topological polar surface area (TPSA) is 38.7 Å². The van der Waals surface area contributed by atoms with Gasteiger partial charge in [-0.1, -0.05) is 72.3 Å². The molecule has 26 heavy (non-hydrogen) atoms. The number of ether oxygens (including phenoxy) is 1. The first kappa shape index (κ1) is 17.8. The van der Waals surface area contributed by atoms with Crippen LogP contribution in [0.25, 0.3) is 0 Å². The molecule has 0 N–H and O–H groups in total. The van der Waals surface area contributed by atoms with Crippen LogP contribution in [0, 0.1) is 5.82 Å². The maximum Gasteiger partial charge on any atom is 0.339 e. The third-order valence-electron chi connectivity index (χ3n) is 3.77. The molecule has 0 atom stereocenters. The Balaban J connectivity index is 2.15. The van der Waals surface area contributed by atoms with Gasteiger partial charge in [0.15, 0.2) is 0 Å². The largest absolute Gasteiger partial charge is 0.465 e. The Bertz CT molecular complexity index is 915. The molecule has 0 radical (unpaired) electrons. The molecule has 3 nitrogen and oxygen atoms in total. The van der Waals surface area contributed by atoms with Crippen LogP contribution < -0.4 is 0 Å². The third kappa shape index (κ3) is 3.81. The number of halogens is 2. The minimum atomic E-state index is -0.698. The van der Waals surface area contributed by atoms with Crippen LogP contribution in [0.15, 0.2) is 77.8 Å². The molecule has 0 saturated heterocycles. The lowest BCUT2D eigenvalue weighted by molar-refractivity contribution is 0.0600. The van der Waals surface area contributed by atoms with Gasteiger partial charge >= 0.3 is 5.97 Å². The molecule has 3 rings (SSSR count). The van der Waals surface area contributed by atoms with Crippen LogP contribution in [0.3, 0.4) is 0 Å². The molecule has 0 unspecified atom stereocenters. The fourth-order valence-corrected chi connectivity index (χ4v) is 2.73. The van der Waals surface area contributed by atoms with Gasteiger partial charge in [-0.15, -0.1) is 0 Å². The molecule has 3 aromatic carbocycles. The van der Waals surface area contributed by atoms with Crippen LogP contribution in [0.5, 0.6) is 0 Å². The van der Waals surface area contributed by atoms with Crippen molar-refractivity contribution in [2.75, 3.05) is 7.11 Å². The number of aliphatic imine (C=N–C) groups is 1. The van der Waals surface area contributed by atoms with Gasteiger partial charge in [0.1, 0.15) is 11.5 Å². The molecule has 0 bridgehead atoms. The molecule has 0 aliphatic rings. The van der Waals surface area contributed by atoms with E-state index in [-0.39, 0.29) is 16.3 Å². The summed E-state index contributed by atoms with van der Waals surface area (Å²) in [4.78, 5) is 16.1. The first-order chi connectivity index (χ1) is 12.6. The van der Waals surface area contributed by atoms with Gasteiger partial charge in [-0.25, -0.2) is 14.2 Å². The zero-order chi connectivity index (χ0) is 18.5. The van der Waals surface area contributed by atoms with Crippen LogP contribution in [0.1, 0.15) is 21.5 Å². The number of methoxy groups -OCH3 is 1. The maximum absolute atomic E-state index is 14.5. The third-order valence-corrected chi connectivity index (χ3v) is 4.08. The minimum Gasteiger partial charge on any atom is -0.465 e. The van der Waals surface area contributed by atoms with E-state index < -0.39 is 11.8 Å².